The molecule has 0 aliphatic rings. The van der Waals surface area contributed by atoms with Gasteiger partial charge in [0.1, 0.15) is 5.75 Å². The van der Waals surface area contributed by atoms with Gasteiger partial charge >= 0.3 is 24.0 Å². The van der Waals surface area contributed by atoms with Crippen LogP contribution in [0.2, 0.25) is 0 Å². The molecular formula is C14H13F7O3. The van der Waals surface area contributed by atoms with Crippen LogP contribution in [-0.2, 0) is 9.53 Å². The Morgan fingerprint density at radius 2 is 1.62 bits per heavy atom. The largest absolute Gasteiger partial charge is 0.459 e. The van der Waals surface area contributed by atoms with E-state index in [0.29, 0.717) is 0 Å². The van der Waals surface area contributed by atoms with Gasteiger partial charge in [-0.3, -0.25) is 4.79 Å². The van der Waals surface area contributed by atoms with Gasteiger partial charge in [-0.25, -0.2) is 0 Å². The highest BCUT2D eigenvalue weighted by Crippen LogP contribution is 2.50. The van der Waals surface area contributed by atoms with Gasteiger partial charge in [0.2, 0.25) is 0 Å². The highest BCUT2D eigenvalue weighted by atomic mass is 19.4. The number of rotatable bonds is 6. The maximum Gasteiger partial charge on any atom is 0.459 e. The summed E-state index contributed by atoms with van der Waals surface area (Å²) in [6, 6.07) is 4.95. The molecule has 0 saturated heterocycles. The van der Waals surface area contributed by atoms with Gasteiger partial charge in [0, 0.05) is 26.0 Å². The van der Waals surface area contributed by atoms with Gasteiger partial charge < -0.3 is 9.47 Å². The van der Waals surface area contributed by atoms with Crippen molar-refractivity contribution < 1.29 is 45.0 Å². The number of hydrogen-bond acceptors (Lipinski definition) is 3. The van der Waals surface area contributed by atoms with E-state index in [2.05, 4.69) is 4.74 Å². The number of carbonyl (C=O) groups is 1. The molecule has 0 aromatic heterocycles. The van der Waals surface area contributed by atoms with Crippen LogP contribution in [0.15, 0.2) is 24.3 Å². The van der Waals surface area contributed by atoms with Crippen molar-refractivity contribution in [2.45, 2.75) is 37.5 Å². The molecule has 1 aromatic rings. The molecule has 1 aromatic carbocycles. The average molecular weight is 362 g/mol. The molecule has 0 N–H and O–H groups in total. The second-order valence-corrected chi connectivity index (χ2v) is 4.84. The van der Waals surface area contributed by atoms with Gasteiger partial charge in [-0.2, -0.15) is 30.7 Å². The minimum absolute atomic E-state index is 0.257. The maximum atomic E-state index is 13.6. The molecule has 24 heavy (non-hydrogen) atoms. The standard InChI is InChI=1S/C14H13F7O3/c1-8(22)24-10-6-4-3-5-9(10)11(23-2)7-12(15,16)13(17,18)14(19,20)21/h3-6,11H,7H2,1-2H3. The molecule has 0 amide bonds. The molecule has 0 heterocycles. The van der Waals surface area contributed by atoms with E-state index in [9.17, 15) is 35.5 Å². The van der Waals surface area contributed by atoms with Crippen LogP contribution in [0.4, 0.5) is 30.7 Å². The zero-order valence-corrected chi connectivity index (χ0v) is 12.5. The second-order valence-electron chi connectivity index (χ2n) is 4.84. The van der Waals surface area contributed by atoms with Gasteiger partial charge in [-0.1, -0.05) is 18.2 Å². The number of para-hydroxylation sites is 1. The molecule has 1 atom stereocenters. The smallest absolute Gasteiger partial charge is 0.426 e. The first kappa shape index (κ1) is 20.2. The normalized spacial score (nSPS) is 14.4. The van der Waals surface area contributed by atoms with Crippen LogP contribution in [0.5, 0.6) is 5.75 Å². The third kappa shape index (κ3) is 4.16. The van der Waals surface area contributed by atoms with Crippen LogP contribution in [0.1, 0.15) is 25.0 Å². The summed E-state index contributed by atoms with van der Waals surface area (Å²) in [7, 11) is 0.858. The molecule has 10 heteroatoms. The fourth-order valence-electron chi connectivity index (χ4n) is 1.88. The minimum atomic E-state index is -6.43. The molecule has 1 rings (SSSR count). The molecule has 136 valence electrons. The van der Waals surface area contributed by atoms with Crippen LogP contribution < -0.4 is 4.74 Å². The lowest BCUT2D eigenvalue weighted by Gasteiger charge is -2.31. The van der Waals surface area contributed by atoms with Gasteiger partial charge in [0.15, 0.2) is 0 Å². The van der Waals surface area contributed by atoms with Crippen molar-refractivity contribution >= 4 is 5.97 Å². The van der Waals surface area contributed by atoms with Gasteiger partial charge in [-0.15, -0.1) is 0 Å². The zero-order valence-electron chi connectivity index (χ0n) is 12.5. The van der Waals surface area contributed by atoms with Crippen molar-refractivity contribution in [2.24, 2.45) is 0 Å². The number of alkyl halides is 7. The number of ether oxygens (including phenoxy) is 2. The summed E-state index contributed by atoms with van der Waals surface area (Å²) in [4.78, 5) is 11.0. The summed E-state index contributed by atoms with van der Waals surface area (Å²) in [5.41, 5.74) is -0.257. The Kier molecular flexibility index (Phi) is 5.86. The third-order valence-electron chi connectivity index (χ3n) is 3.06. The van der Waals surface area contributed by atoms with Crippen LogP contribution in [0.3, 0.4) is 0 Å². The monoisotopic (exact) mass is 362 g/mol. The summed E-state index contributed by atoms with van der Waals surface area (Å²) < 4.78 is 99.1. The Balaban J connectivity index is 3.18. The van der Waals surface area contributed by atoms with Crippen molar-refractivity contribution in [3.05, 3.63) is 29.8 Å². The van der Waals surface area contributed by atoms with Crippen molar-refractivity contribution in [3.63, 3.8) is 0 Å². The minimum Gasteiger partial charge on any atom is -0.426 e. The number of halogens is 7. The molecule has 1 unspecified atom stereocenters. The fraction of sp³-hybridized carbons (Fsp3) is 0.500. The number of carbonyl (C=O) groups excluding carboxylic acids is 1. The highest BCUT2D eigenvalue weighted by Gasteiger charge is 2.73. The fourth-order valence-corrected chi connectivity index (χ4v) is 1.88. The van der Waals surface area contributed by atoms with Crippen molar-refractivity contribution in [1.82, 2.24) is 0 Å². The summed E-state index contributed by atoms with van der Waals surface area (Å²) >= 11 is 0. The molecule has 0 radical (unpaired) electrons. The SMILES string of the molecule is COC(CC(F)(F)C(F)(F)C(F)(F)F)c1ccccc1OC(C)=O. The topological polar surface area (TPSA) is 35.5 Å². The highest BCUT2D eigenvalue weighted by molar-refractivity contribution is 5.69. The first-order valence-corrected chi connectivity index (χ1v) is 6.46. The van der Waals surface area contributed by atoms with Gasteiger partial charge in [0.05, 0.1) is 6.10 Å². The second kappa shape index (κ2) is 6.96. The lowest BCUT2D eigenvalue weighted by molar-refractivity contribution is -0.358. The van der Waals surface area contributed by atoms with E-state index in [0.717, 1.165) is 20.1 Å². The third-order valence-corrected chi connectivity index (χ3v) is 3.06. The van der Waals surface area contributed by atoms with E-state index in [-0.39, 0.29) is 11.3 Å². The van der Waals surface area contributed by atoms with E-state index in [1.165, 1.54) is 18.2 Å². The zero-order chi connectivity index (χ0) is 18.8. The Labute approximate surface area is 132 Å². The average Bonchev–Trinajstić information content (AvgIpc) is 2.43. The van der Waals surface area contributed by atoms with E-state index >= 15 is 0 Å². The van der Waals surface area contributed by atoms with Gasteiger partial charge in [-0.05, 0) is 6.07 Å². The quantitative estimate of drug-likeness (QED) is 0.424. The Bertz CT molecular complexity index is 584. The molecule has 3 nitrogen and oxygen atoms in total. The van der Waals surface area contributed by atoms with E-state index in [4.69, 9.17) is 4.74 Å². The molecule has 0 bridgehead atoms. The van der Waals surface area contributed by atoms with Crippen molar-refractivity contribution in [1.29, 1.82) is 0 Å². The van der Waals surface area contributed by atoms with Crippen LogP contribution in [-0.4, -0.2) is 31.1 Å². The Hall–Kier alpha value is -1.84. The first-order chi connectivity index (χ1) is 10.8. The van der Waals surface area contributed by atoms with Crippen LogP contribution in [0, 0.1) is 0 Å². The lowest BCUT2D eigenvalue weighted by Crippen LogP contribution is -2.52. The molecule has 0 aliphatic carbocycles. The molecule has 0 spiro atoms. The van der Waals surface area contributed by atoms with E-state index in [1.54, 1.807) is 0 Å². The van der Waals surface area contributed by atoms with Crippen molar-refractivity contribution in [3.8, 4) is 5.75 Å². The number of benzene rings is 1. The number of esters is 1. The summed E-state index contributed by atoms with van der Waals surface area (Å²) in [5, 5.41) is 0. The molecule has 0 saturated carbocycles. The van der Waals surface area contributed by atoms with Crippen molar-refractivity contribution in [2.75, 3.05) is 7.11 Å². The van der Waals surface area contributed by atoms with Crippen LogP contribution >= 0.6 is 0 Å². The van der Waals surface area contributed by atoms with Gasteiger partial charge in [0.25, 0.3) is 0 Å². The van der Waals surface area contributed by atoms with Crippen LogP contribution in [0.25, 0.3) is 0 Å². The first-order valence-electron chi connectivity index (χ1n) is 6.46. The Morgan fingerprint density at radius 1 is 1.08 bits per heavy atom. The summed E-state index contributed by atoms with van der Waals surface area (Å²) in [5.74, 6) is -12.8. The van der Waals surface area contributed by atoms with E-state index in [1.807, 2.05) is 0 Å². The van der Waals surface area contributed by atoms with E-state index < -0.39 is 36.5 Å². The molecular weight excluding hydrogens is 349 g/mol. The molecule has 0 aliphatic heterocycles. The number of methoxy groups -OCH3 is 1. The predicted octanol–water partition coefficient (Wildman–Crippen LogP) is 4.52. The maximum absolute atomic E-state index is 13.6. The summed E-state index contributed by atoms with van der Waals surface area (Å²) in [6.07, 6.45) is -10.2. The number of hydrogen-bond donors (Lipinski definition) is 0. The predicted molar refractivity (Wildman–Crippen MR) is 68.1 cm³/mol. The Morgan fingerprint density at radius 3 is 2.08 bits per heavy atom. The summed E-state index contributed by atoms with van der Waals surface area (Å²) in [6.45, 7) is 1.00. The lowest BCUT2D eigenvalue weighted by atomic mass is 9.98. The molecule has 0 fully saturated rings.